The number of aliphatic hydroxyl groups excluding tert-OH is 1. The third kappa shape index (κ3) is 2.67. The maximum atomic E-state index is 11.7. The van der Waals surface area contributed by atoms with Crippen molar-refractivity contribution in [1.29, 1.82) is 0 Å². The van der Waals surface area contributed by atoms with Crippen LogP contribution in [0.25, 0.3) is 0 Å². The molecule has 0 spiro atoms. The fourth-order valence-electron chi connectivity index (χ4n) is 2.90. The number of esters is 2. The number of ether oxygens (including phenoxy) is 3. The summed E-state index contributed by atoms with van der Waals surface area (Å²) in [4.78, 5) is 23.0. The fraction of sp³-hybridized carbons (Fsp3) is 0.857. The highest BCUT2D eigenvalue weighted by molar-refractivity contribution is 5.76. The van der Waals surface area contributed by atoms with Gasteiger partial charge >= 0.3 is 11.9 Å². The van der Waals surface area contributed by atoms with Gasteiger partial charge in [0.05, 0.1) is 12.7 Å². The Morgan fingerprint density at radius 3 is 2.75 bits per heavy atom. The summed E-state index contributed by atoms with van der Waals surface area (Å²) in [5, 5.41) is 10.1. The van der Waals surface area contributed by atoms with Crippen molar-refractivity contribution in [2.24, 2.45) is 0 Å². The average molecular weight is 286 g/mol. The van der Waals surface area contributed by atoms with Gasteiger partial charge in [0.15, 0.2) is 6.10 Å². The Morgan fingerprint density at radius 1 is 1.50 bits per heavy atom. The Labute approximate surface area is 118 Å². The van der Waals surface area contributed by atoms with Crippen LogP contribution in [0.1, 0.15) is 46.5 Å². The third-order valence-corrected chi connectivity index (χ3v) is 4.26. The molecule has 2 rings (SSSR count). The largest absolute Gasteiger partial charge is 0.464 e. The molecule has 1 N–H and O–H groups in total. The highest BCUT2D eigenvalue weighted by atomic mass is 16.6. The lowest BCUT2D eigenvalue weighted by Gasteiger charge is -2.33. The zero-order chi connectivity index (χ0) is 15.0. The van der Waals surface area contributed by atoms with Gasteiger partial charge in [0.2, 0.25) is 0 Å². The molecule has 6 heteroatoms. The van der Waals surface area contributed by atoms with Gasteiger partial charge in [-0.3, -0.25) is 4.79 Å². The van der Waals surface area contributed by atoms with E-state index >= 15 is 0 Å². The van der Waals surface area contributed by atoms with E-state index in [1.165, 1.54) is 0 Å². The van der Waals surface area contributed by atoms with Crippen LogP contribution in [0.5, 0.6) is 0 Å². The van der Waals surface area contributed by atoms with E-state index in [9.17, 15) is 14.7 Å². The van der Waals surface area contributed by atoms with Gasteiger partial charge in [0, 0.05) is 6.42 Å². The first kappa shape index (κ1) is 15.3. The van der Waals surface area contributed by atoms with Crippen molar-refractivity contribution >= 4 is 11.9 Å². The standard InChI is InChI=1S/C14H22O6/c1-4-18-12(17)11(16)14(3)7-5-9(19-14)13(2)8-6-10(15)20-13/h9,11,16H,4-8H2,1-3H3/t9-,11+,13-,14+/m1/s1. The highest BCUT2D eigenvalue weighted by Gasteiger charge is 2.53. The Morgan fingerprint density at radius 2 is 2.20 bits per heavy atom. The minimum absolute atomic E-state index is 0.213. The fourth-order valence-corrected chi connectivity index (χ4v) is 2.90. The van der Waals surface area contributed by atoms with Gasteiger partial charge in [0.25, 0.3) is 0 Å². The van der Waals surface area contributed by atoms with Gasteiger partial charge in [-0.1, -0.05) is 0 Å². The van der Waals surface area contributed by atoms with Crippen molar-refractivity contribution in [2.75, 3.05) is 6.61 Å². The second-order valence-corrected chi connectivity index (χ2v) is 5.90. The smallest absolute Gasteiger partial charge is 0.337 e. The molecule has 0 aliphatic carbocycles. The summed E-state index contributed by atoms with van der Waals surface area (Å²) >= 11 is 0. The normalized spacial score (nSPS) is 38.6. The molecule has 0 aromatic carbocycles. The molecule has 0 saturated carbocycles. The molecule has 2 aliphatic heterocycles. The van der Waals surface area contributed by atoms with Gasteiger partial charge in [0.1, 0.15) is 11.2 Å². The van der Waals surface area contributed by atoms with Crippen molar-refractivity contribution < 1.29 is 28.9 Å². The Hall–Kier alpha value is -1.14. The van der Waals surface area contributed by atoms with Crippen LogP contribution in [0.2, 0.25) is 0 Å². The van der Waals surface area contributed by atoms with Crippen molar-refractivity contribution in [3.05, 3.63) is 0 Å². The summed E-state index contributed by atoms with van der Waals surface area (Å²) in [6, 6.07) is 0. The lowest BCUT2D eigenvalue weighted by atomic mass is 9.91. The number of cyclic esters (lactones) is 1. The van der Waals surface area contributed by atoms with E-state index < -0.39 is 23.3 Å². The summed E-state index contributed by atoms with van der Waals surface area (Å²) in [7, 11) is 0. The minimum atomic E-state index is -1.33. The zero-order valence-electron chi connectivity index (χ0n) is 12.2. The molecule has 20 heavy (non-hydrogen) atoms. The first-order valence-corrected chi connectivity index (χ1v) is 7.05. The molecule has 0 aromatic heterocycles. The van der Waals surface area contributed by atoms with Crippen molar-refractivity contribution in [1.82, 2.24) is 0 Å². The lowest BCUT2D eigenvalue weighted by Crippen LogP contribution is -2.48. The highest BCUT2D eigenvalue weighted by Crippen LogP contribution is 2.42. The maximum absolute atomic E-state index is 11.7. The predicted octanol–water partition coefficient (Wildman–Crippen LogP) is 0.944. The molecular weight excluding hydrogens is 264 g/mol. The van der Waals surface area contributed by atoms with Gasteiger partial charge in [-0.25, -0.2) is 4.79 Å². The molecule has 2 saturated heterocycles. The number of carbonyl (C=O) groups is 2. The van der Waals surface area contributed by atoms with E-state index in [-0.39, 0.29) is 18.7 Å². The van der Waals surface area contributed by atoms with Gasteiger partial charge in [-0.05, 0) is 40.0 Å². The SMILES string of the molecule is CCOC(=O)[C@H](O)[C@]1(C)CC[C@H]([C@@]2(C)CCC(=O)O2)O1. The molecule has 4 atom stereocenters. The first-order chi connectivity index (χ1) is 9.31. The lowest BCUT2D eigenvalue weighted by molar-refractivity contribution is -0.189. The third-order valence-electron chi connectivity index (χ3n) is 4.26. The number of aliphatic hydroxyl groups is 1. The predicted molar refractivity (Wildman–Crippen MR) is 68.9 cm³/mol. The molecule has 0 radical (unpaired) electrons. The summed E-state index contributed by atoms with van der Waals surface area (Å²) in [6.45, 7) is 5.43. The first-order valence-electron chi connectivity index (χ1n) is 7.05. The Balaban J connectivity index is 2.03. The number of rotatable bonds is 4. The summed E-state index contributed by atoms with van der Waals surface area (Å²) in [6.07, 6.45) is 0.507. The molecule has 2 fully saturated rings. The average Bonchev–Trinajstić information content (AvgIpc) is 2.95. The van der Waals surface area contributed by atoms with Crippen molar-refractivity contribution in [3.8, 4) is 0 Å². The van der Waals surface area contributed by atoms with Crippen molar-refractivity contribution in [3.63, 3.8) is 0 Å². The molecular formula is C14H22O6. The molecule has 0 amide bonds. The minimum Gasteiger partial charge on any atom is -0.464 e. The molecule has 0 bridgehead atoms. The molecule has 114 valence electrons. The second kappa shape index (κ2) is 5.33. The van der Waals surface area contributed by atoms with E-state index in [4.69, 9.17) is 14.2 Å². The maximum Gasteiger partial charge on any atom is 0.337 e. The van der Waals surface area contributed by atoms with Crippen LogP contribution in [0.4, 0.5) is 0 Å². The Bertz CT molecular complexity index is 408. The van der Waals surface area contributed by atoms with Crippen LogP contribution in [0.15, 0.2) is 0 Å². The quantitative estimate of drug-likeness (QED) is 0.775. The van der Waals surface area contributed by atoms with Gasteiger partial charge in [-0.15, -0.1) is 0 Å². The topological polar surface area (TPSA) is 82.1 Å². The van der Waals surface area contributed by atoms with Crippen LogP contribution in [-0.2, 0) is 23.8 Å². The summed E-state index contributed by atoms with van der Waals surface area (Å²) in [5.74, 6) is -0.903. The van der Waals surface area contributed by atoms with Gasteiger partial charge < -0.3 is 19.3 Å². The van der Waals surface area contributed by atoms with E-state index in [0.29, 0.717) is 25.7 Å². The van der Waals surface area contributed by atoms with Crippen LogP contribution in [0, 0.1) is 0 Å². The van der Waals surface area contributed by atoms with Gasteiger partial charge in [-0.2, -0.15) is 0 Å². The van der Waals surface area contributed by atoms with E-state index in [0.717, 1.165) is 0 Å². The number of carbonyl (C=O) groups excluding carboxylic acids is 2. The second-order valence-electron chi connectivity index (χ2n) is 5.90. The summed E-state index contributed by atoms with van der Waals surface area (Å²) < 4.78 is 16.1. The molecule has 2 aliphatic rings. The van der Waals surface area contributed by atoms with Crippen LogP contribution in [0.3, 0.4) is 0 Å². The zero-order valence-corrected chi connectivity index (χ0v) is 12.2. The van der Waals surface area contributed by atoms with Crippen LogP contribution < -0.4 is 0 Å². The molecule has 0 aromatic rings. The van der Waals surface area contributed by atoms with Crippen LogP contribution >= 0.6 is 0 Å². The molecule has 2 heterocycles. The van der Waals surface area contributed by atoms with E-state index in [1.54, 1.807) is 13.8 Å². The van der Waals surface area contributed by atoms with Crippen molar-refractivity contribution in [2.45, 2.75) is 69.9 Å². The van der Waals surface area contributed by atoms with Crippen LogP contribution in [-0.4, -0.2) is 47.1 Å². The monoisotopic (exact) mass is 286 g/mol. The number of hydrogen-bond acceptors (Lipinski definition) is 6. The Kier molecular flexibility index (Phi) is 4.07. The molecule has 0 unspecified atom stereocenters. The van der Waals surface area contributed by atoms with E-state index in [1.807, 2.05) is 6.92 Å². The summed E-state index contributed by atoms with van der Waals surface area (Å²) in [5.41, 5.74) is -1.65. The number of hydrogen-bond donors (Lipinski definition) is 1. The van der Waals surface area contributed by atoms with E-state index in [2.05, 4.69) is 0 Å². The molecule has 6 nitrogen and oxygen atoms in total.